The van der Waals surface area contributed by atoms with Gasteiger partial charge in [-0.2, -0.15) is 11.8 Å². The van der Waals surface area contributed by atoms with Gasteiger partial charge in [0.15, 0.2) is 0 Å². The molecule has 1 rings (SSSR count). The first kappa shape index (κ1) is 16.9. The summed E-state index contributed by atoms with van der Waals surface area (Å²) in [6, 6.07) is 5.66. The lowest BCUT2D eigenvalue weighted by molar-refractivity contribution is -0.141. The van der Waals surface area contributed by atoms with E-state index in [1.54, 1.807) is 11.8 Å². The number of hydrogen-bond acceptors (Lipinski definition) is 5. The maximum atomic E-state index is 11.1. The minimum absolute atomic E-state index is 0.357. The van der Waals surface area contributed by atoms with E-state index in [0.29, 0.717) is 12.4 Å². The van der Waals surface area contributed by atoms with E-state index in [-0.39, 0.29) is 5.97 Å². The SMILES string of the molecule is COC(=O)C(N)CSCCCOc1cc(C)cc(C)c1. The molecule has 0 heterocycles. The molecule has 0 saturated heterocycles. The number of esters is 1. The van der Waals surface area contributed by atoms with E-state index in [1.165, 1.54) is 18.2 Å². The van der Waals surface area contributed by atoms with Crippen LogP contribution in [0, 0.1) is 13.8 Å². The number of thioether (sulfide) groups is 1. The van der Waals surface area contributed by atoms with Crippen molar-refractivity contribution in [2.24, 2.45) is 5.73 Å². The van der Waals surface area contributed by atoms with Gasteiger partial charge in [0.2, 0.25) is 0 Å². The lowest BCUT2D eigenvalue weighted by Gasteiger charge is -2.10. The molecule has 0 aromatic heterocycles. The lowest BCUT2D eigenvalue weighted by atomic mass is 10.1. The van der Waals surface area contributed by atoms with E-state index < -0.39 is 6.04 Å². The van der Waals surface area contributed by atoms with Crippen molar-refractivity contribution < 1.29 is 14.3 Å². The Balaban J connectivity index is 2.14. The van der Waals surface area contributed by atoms with Gasteiger partial charge in [0.25, 0.3) is 0 Å². The van der Waals surface area contributed by atoms with Crippen LogP contribution in [-0.2, 0) is 9.53 Å². The smallest absolute Gasteiger partial charge is 0.323 e. The van der Waals surface area contributed by atoms with Crippen LogP contribution in [0.25, 0.3) is 0 Å². The summed E-state index contributed by atoms with van der Waals surface area (Å²) < 4.78 is 10.3. The fourth-order valence-electron chi connectivity index (χ4n) is 1.80. The van der Waals surface area contributed by atoms with E-state index in [1.807, 2.05) is 12.1 Å². The molecule has 0 bridgehead atoms. The zero-order valence-corrected chi connectivity index (χ0v) is 13.2. The molecule has 1 unspecified atom stereocenters. The van der Waals surface area contributed by atoms with E-state index >= 15 is 0 Å². The Labute approximate surface area is 125 Å². The molecule has 1 aromatic rings. The monoisotopic (exact) mass is 297 g/mol. The van der Waals surface area contributed by atoms with Crippen LogP contribution in [0.1, 0.15) is 17.5 Å². The van der Waals surface area contributed by atoms with Gasteiger partial charge < -0.3 is 15.2 Å². The lowest BCUT2D eigenvalue weighted by Crippen LogP contribution is -2.33. The summed E-state index contributed by atoms with van der Waals surface area (Å²) in [5, 5.41) is 0. The van der Waals surface area contributed by atoms with Crippen molar-refractivity contribution in [1.82, 2.24) is 0 Å². The molecule has 1 atom stereocenters. The molecule has 0 aliphatic rings. The maximum Gasteiger partial charge on any atom is 0.323 e. The third-order valence-corrected chi connectivity index (χ3v) is 3.87. The Kier molecular flexibility index (Phi) is 7.47. The third-order valence-electron chi connectivity index (χ3n) is 2.70. The molecule has 0 saturated carbocycles. The van der Waals surface area contributed by atoms with E-state index in [4.69, 9.17) is 10.5 Å². The largest absolute Gasteiger partial charge is 0.494 e. The van der Waals surface area contributed by atoms with Crippen LogP contribution in [0.2, 0.25) is 0 Å². The first-order chi connectivity index (χ1) is 9.52. The minimum Gasteiger partial charge on any atom is -0.494 e. The molecule has 1 aromatic carbocycles. The molecule has 0 fully saturated rings. The molecule has 0 aliphatic heterocycles. The predicted molar refractivity (Wildman–Crippen MR) is 83.3 cm³/mol. The number of rotatable bonds is 8. The fourth-order valence-corrected chi connectivity index (χ4v) is 2.68. The van der Waals surface area contributed by atoms with Crippen molar-refractivity contribution in [2.45, 2.75) is 26.3 Å². The van der Waals surface area contributed by atoms with E-state index in [0.717, 1.165) is 17.9 Å². The Morgan fingerprint density at radius 2 is 1.95 bits per heavy atom. The molecule has 20 heavy (non-hydrogen) atoms. The molecular formula is C15H23NO3S. The molecule has 0 radical (unpaired) electrons. The fraction of sp³-hybridized carbons (Fsp3) is 0.533. The highest BCUT2D eigenvalue weighted by atomic mass is 32.2. The summed E-state index contributed by atoms with van der Waals surface area (Å²) in [5.41, 5.74) is 8.05. The van der Waals surface area contributed by atoms with Crippen LogP contribution in [0.3, 0.4) is 0 Å². The Morgan fingerprint density at radius 3 is 2.55 bits per heavy atom. The molecular weight excluding hydrogens is 274 g/mol. The van der Waals surface area contributed by atoms with Gasteiger partial charge in [-0.1, -0.05) is 6.07 Å². The minimum atomic E-state index is -0.537. The third kappa shape index (κ3) is 6.30. The summed E-state index contributed by atoms with van der Waals surface area (Å²) in [6.07, 6.45) is 0.922. The van der Waals surface area contributed by atoms with Gasteiger partial charge in [0, 0.05) is 5.75 Å². The van der Waals surface area contributed by atoms with Crippen LogP contribution in [0.15, 0.2) is 18.2 Å². The van der Waals surface area contributed by atoms with Gasteiger partial charge in [-0.15, -0.1) is 0 Å². The van der Waals surface area contributed by atoms with Crippen LogP contribution >= 0.6 is 11.8 Å². The van der Waals surface area contributed by atoms with Crippen molar-refractivity contribution in [2.75, 3.05) is 25.2 Å². The Hall–Kier alpha value is -1.20. The molecule has 4 nitrogen and oxygen atoms in total. The number of hydrogen-bond donors (Lipinski definition) is 1. The van der Waals surface area contributed by atoms with Crippen molar-refractivity contribution in [3.8, 4) is 5.75 Å². The highest BCUT2D eigenvalue weighted by molar-refractivity contribution is 7.99. The van der Waals surface area contributed by atoms with Gasteiger partial charge in [-0.25, -0.2) is 0 Å². The summed E-state index contributed by atoms with van der Waals surface area (Å²) in [4.78, 5) is 11.1. The van der Waals surface area contributed by atoms with Crippen molar-refractivity contribution in [1.29, 1.82) is 0 Å². The van der Waals surface area contributed by atoms with Gasteiger partial charge in [0.1, 0.15) is 11.8 Å². The number of methoxy groups -OCH3 is 1. The summed E-state index contributed by atoms with van der Waals surface area (Å²) in [6.45, 7) is 4.79. The molecule has 2 N–H and O–H groups in total. The summed E-state index contributed by atoms with van der Waals surface area (Å²) in [7, 11) is 1.35. The Bertz CT molecular complexity index is 417. The average Bonchev–Trinajstić information content (AvgIpc) is 2.40. The highest BCUT2D eigenvalue weighted by Crippen LogP contribution is 2.16. The van der Waals surface area contributed by atoms with Gasteiger partial charge >= 0.3 is 5.97 Å². The molecule has 112 valence electrons. The Morgan fingerprint density at radius 1 is 1.30 bits per heavy atom. The number of ether oxygens (including phenoxy) is 2. The number of benzene rings is 1. The standard InChI is InChI=1S/C15H23NO3S/c1-11-7-12(2)9-13(8-11)19-5-4-6-20-10-14(16)15(17)18-3/h7-9,14H,4-6,10,16H2,1-3H3. The number of carbonyl (C=O) groups excluding carboxylic acids is 1. The van der Waals surface area contributed by atoms with Gasteiger partial charge in [-0.3, -0.25) is 4.79 Å². The zero-order valence-electron chi connectivity index (χ0n) is 12.3. The molecule has 0 aliphatic carbocycles. The van der Waals surface area contributed by atoms with Gasteiger partial charge in [0.05, 0.1) is 13.7 Å². The predicted octanol–water partition coefficient (Wildman–Crippen LogP) is 2.31. The number of carbonyl (C=O) groups is 1. The molecule has 0 amide bonds. The van der Waals surface area contributed by atoms with E-state index in [9.17, 15) is 4.79 Å². The maximum absolute atomic E-state index is 11.1. The number of nitrogens with two attached hydrogens (primary N) is 1. The average molecular weight is 297 g/mol. The summed E-state index contributed by atoms with van der Waals surface area (Å²) >= 11 is 1.64. The molecule has 0 spiro atoms. The first-order valence-electron chi connectivity index (χ1n) is 6.65. The second-order valence-corrected chi connectivity index (χ2v) is 5.88. The van der Waals surface area contributed by atoms with Crippen LogP contribution in [0.5, 0.6) is 5.75 Å². The van der Waals surface area contributed by atoms with Crippen molar-refractivity contribution >= 4 is 17.7 Å². The van der Waals surface area contributed by atoms with Crippen LogP contribution < -0.4 is 10.5 Å². The first-order valence-corrected chi connectivity index (χ1v) is 7.80. The highest BCUT2D eigenvalue weighted by Gasteiger charge is 2.12. The topological polar surface area (TPSA) is 61.5 Å². The van der Waals surface area contributed by atoms with Gasteiger partial charge in [-0.05, 0) is 49.3 Å². The molecule has 5 heteroatoms. The van der Waals surface area contributed by atoms with Crippen molar-refractivity contribution in [3.05, 3.63) is 29.3 Å². The zero-order chi connectivity index (χ0) is 15.0. The van der Waals surface area contributed by atoms with Crippen LogP contribution in [-0.4, -0.2) is 37.2 Å². The number of aryl methyl sites for hydroxylation is 2. The second-order valence-electron chi connectivity index (χ2n) is 4.73. The summed E-state index contributed by atoms with van der Waals surface area (Å²) in [5.74, 6) is 2.05. The second kappa shape index (κ2) is 8.87. The van der Waals surface area contributed by atoms with Crippen LogP contribution in [0.4, 0.5) is 0 Å². The van der Waals surface area contributed by atoms with Crippen molar-refractivity contribution in [3.63, 3.8) is 0 Å². The normalized spacial score (nSPS) is 12.0. The quantitative estimate of drug-likeness (QED) is 0.589. The van der Waals surface area contributed by atoms with E-state index in [2.05, 4.69) is 24.7 Å².